The Bertz CT molecular complexity index is 467. The van der Waals surface area contributed by atoms with E-state index in [9.17, 15) is 13.6 Å². The minimum Gasteiger partial charge on any atom is -0.293 e. The Morgan fingerprint density at radius 1 is 1.35 bits per heavy atom. The summed E-state index contributed by atoms with van der Waals surface area (Å²) in [5.74, 6) is -1.17. The summed E-state index contributed by atoms with van der Waals surface area (Å²) >= 11 is 1.73. The Hall–Kier alpha value is -0.940. The van der Waals surface area contributed by atoms with Crippen molar-refractivity contribution in [3.8, 4) is 0 Å². The first-order chi connectivity index (χ1) is 9.42. The lowest BCUT2D eigenvalue weighted by molar-refractivity contribution is 0.0826. The Morgan fingerprint density at radius 3 is 2.50 bits per heavy atom. The van der Waals surface area contributed by atoms with Crippen molar-refractivity contribution in [1.82, 2.24) is 4.90 Å². The van der Waals surface area contributed by atoms with Crippen LogP contribution in [0, 0.1) is 11.6 Å². The number of likely N-dealkylation sites (N-methyl/N-ethyl adjacent to an activating group) is 1. The van der Waals surface area contributed by atoms with Gasteiger partial charge in [0.1, 0.15) is 0 Å². The first kappa shape index (κ1) is 17.1. The quantitative estimate of drug-likeness (QED) is 0.718. The molecule has 0 aliphatic rings. The molecule has 0 aromatic heterocycles. The predicted molar refractivity (Wildman–Crippen MR) is 80.4 cm³/mol. The van der Waals surface area contributed by atoms with Crippen LogP contribution in [0.25, 0.3) is 0 Å². The van der Waals surface area contributed by atoms with Crippen molar-refractivity contribution in [2.24, 2.45) is 0 Å². The molecule has 112 valence electrons. The van der Waals surface area contributed by atoms with Crippen LogP contribution >= 0.6 is 11.8 Å². The van der Waals surface area contributed by atoms with Crippen LogP contribution < -0.4 is 0 Å². The van der Waals surface area contributed by atoms with Gasteiger partial charge < -0.3 is 0 Å². The van der Waals surface area contributed by atoms with Crippen molar-refractivity contribution in [1.29, 1.82) is 0 Å². The molecule has 0 amide bonds. The third kappa shape index (κ3) is 4.03. The van der Waals surface area contributed by atoms with Crippen molar-refractivity contribution >= 4 is 17.5 Å². The third-order valence-electron chi connectivity index (χ3n) is 3.60. The molecule has 1 aromatic carbocycles. The summed E-state index contributed by atoms with van der Waals surface area (Å²) in [5, 5.41) is 0. The number of Topliss-reactive ketones (excluding diaryl/α,β-unsaturated/α-hetero) is 1. The van der Waals surface area contributed by atoms with Crippen LogP contribution in [0.2, 0.25) is 0 Å². The molecule has 0 N–H and O–H groups in total. The van der Waals surface area contributed by atoms with Crippen LogP contribution in [0.5, 0.6) is 0 Å². The highest BCUT2D eigenvalue weighted by Crippen LogP contribution is 2.16. The van der Waals surface area contributed by atoms with Crippen molar-refractivity contribution in [2.45, 2.75) is 32.4 Å². The zero-order valence-corrected chi connectivity index (χ0v) is 13.1. The number of carbonyl (C=O) groups excluding carboxylic acids is 1. The maximum Gasteiger partial charge on any atom is 0.179 e. The first-order valence-corrected chi connectivity index (χ1v) is 8.01. The molecule has 1 rings (SSSR count). The Balaban J connectivity index is 2.86. The molecular weight excluding hydrogens is 280 g/mol. The van der Waals surface area contributed by atoms with Gasteiger partial charge in [-0.3, -0.25) is 9.69 Å². The van der Waals surface area contributed by atoms with E-state index < -0.39 is 11.6 Å². The fraction of sp³-hybridized carbons (Fsp3) is 0.533. The minimum absolute atomic E-state index is 0.189. The number of halogens is 2. The molecule has 0 saturated heterocycles. The predicted octanol–water partition coefficient (Wildman–Crippen LogP) is 3.61. The fourth-order valence-corrected chi connectivity index (χ4v) is 2.96. The largest absolute Gasteiger partial charge is 0.293 e. The van der Waals surface area contributed by atoms with Crippen LogP contribution in [0.3, 0.4) is 0 Å². The summed E-state index contributed by atoms with van der Waals surface area (Å²) in [4.78, 5) is 14.3. The first-order valence-electron chi connectivity index (χ1n) is 6.62. The smallest absolute Gasteiger partial charge is 0.179 e. The number of carbonyl (C=O) groups is 1. The molecule has 1 aromatic rings. The van der Waals surface area contributed by atoms with Gasteiger partial charge in [-0.25, -0.2) is 8.78 Å². The zero-order valence-electron chi connectivity index (χ0n) is 12.3. The fourth-order valence-electron chi connectivity index (χ4n) is 2.11. The molecule has 0 spiro atoms. The van der Waals surface area contributed by atoms with Crippen LogP contribution in [-0.2, 0) is 0 Å². The lowest BCUT2D eigenvalue weighted by Crippen LogP contribution is -2.44. The van der Waals surface area contributed by atoms with Crippen molar-refractivity contribution in [3.63, 3.8) is 0 Å². The lowest BCUT2D eigenvalue weighted by Gasteiger charge is -2.31. The van der Waals surface area contributed by atoms with E-state index in [4.69, 9.17) is 0 Å². The van der Waals surface area contributed by atoms with E-state index in [1.807, 2.05) is 18.2 Å². The van der Waals surface area contributed by atoms with Gasteiger partial charge in [0, 0.05) is 17.4 Å². The van der Waals surface area contributed by atoms with E-state index in [1.54, 1.807) is 18.7 Å². The minimum atomic E-state index is -0.984. The van der Waals surface area contributed by atoms with Gasteiger partial charge in [-0.1, -0.05) is 6.92 Å². The van der Waals surface area contributed by atoms with E-state index in [0.29, 0.717) is 0 Å². The molecule has 0 aliphatic heterocycles. The number of benzene rings is 1. The summed E-state index contributed by atoms with van der Waals surface area (Å²) in [6.45, 7) is 3.87. The van der Waals surface area contributed by atoms with Gasteiger partial charge in [0.2, 0.25) is 0 Å². The molecule has 2 unspecified atom stereocenters. The van der Waals surface area contributed by atoms with Gasteiger partial charge in [0.05, 0.1) is 6.04 Å². The second kappa shape index (κ2) is 7.74. The molecule has 0 saturated carbocycles. The molecule has 5 heteroatoms. The Morgan fingerprint density at radius 2 is 2.00 bits per heavy atom. The monoisotopic (exact) mass is 301 g/mol. The van der Waals surface area contributed by atoms with E-state index >= 15 is 0 Å². The maximum absolute atomic E-state index is 13.2. The van der Waals surface area contributed by atoms with Crippen molar-refractivity contribution < 1.29 is 13.6 Å². The number of thioether (sulfide) groups is 1. The van der Waals surface area contributed by atoms with Gasteiger partial charge in [-0.2, -0.15) is 11.8 Å². The Kier molecular flexibility index (Phi) is 6.62. The molecular formula is C15H21F2NOS. The van der Waals surface area contributed by atoms with E-state index in [0.717, 1.165) is 24.3 Å². The highest BCUT2D eigenvalue weighted by Gasteiger charge is 2.25. The summed E-state index contributed by atoms with van der Waals surface area (Å²) in [7, 11) is 1.90. The van der Waals surface area contributed by atoms with Crippen LogP contribution in [-0.4, -0.2) is 41.8 Å². The topological polar surface area (TPSA) is 20.3 Å². The van der Waals surface area contributed by atoms with Gasteiger partial charge in [-0.15, -0.1) is 0 Å². The molecule has 2 nitrogen and oxygen atoms in total. The molecule has 0 radical (unpaired) electrons. The average molecular weight is 301 g/mol. The average Bonchev–Trinajstić information content (AvgIpc) is 2.45. The number of ketones is 1. The zero-order chi connectivity index (χ0) is 15.3. The van der Waals surface area contributed by atoms with Gasteiger partial charge in [-0.05, 0) is 44.8 Å². The lowest BCUT2D eigenvalue weighted by atomic mass is 10.0. The molecule has 20 heavy (non-hydrogen) atoms. The third-order valence-corrected chi connectivity index (χ3v) is 4.32. The van der Waals surface area contributed by atoms with E-state index in [1.165, 1.54) is 6.07 Å². The molecule has 0 aliphatic carbocycles. The molecule has 0 heterocycles. The van der Waals surface area contributed by atoms with Gasteiger partial charge >= 0.3 is 0 Å². The Labute approximate surface area is 123 Å². The molecule has 0 fully saturated rings. The maximum atomic E-state index is 13.2. The normalized spacial score (nSPS) is 14.3. The number of hydrogen-bond donors (Lipinski definition) is 0. The molecule has 2 atom stereocenters. The van der Waals surface area contributed by atoms with Crippen molar-refractivity contribution in [2.75, 3.05) is 19.1 Å². The van der Waals surface area contributed by atoms with Gasteiger partial charge in [0.25, 0.3) is 0 Å². The molecule has 0 bridgehead atoms. The SMILES string of the molecule is CCC(CSC)N(C)C(C)C(=O)c1ccc(F)c(F)c1. The van der Waals surface area contributed by atoms with E-state index in [-0.39, 0.29) is 23.4 Å². The highest BCUT2D eigenvalue weighted by molar-refractivity contribution is 7.98. The summed E-state index contributed by atoms with van der Waals surface area (Å²) < 4.78 is 26.1. The van der Waals surface area contributed by atoms with Crippen LogP contribution in [0.1, 0.15) is 30.6 Å². The van der Waals surface area contributed by atoms with Crippen molar-refractivity contribution in [3.05, 3.63) is 35.4 Å². The summed E-state index contributed by atoms with van der Waals surface area (Å²) in [6.07, 6.45) is 2.96. The number of rotatable bonds is 7. The summed E-state index contributed by atoms with van der Waals surface area (Å²) in [5.41, 5.74) is 0.210. The number of nitrogens with zero attached hydrogens (tertiary/aromatic N) is 1. The van der Waals surface area contributed by atoms with E-state index in [2.05, 4.69) is 6.92 Å². The standard InChI is InChI=1S/C15H21F2NOS/c1-5-12(9-20-4)18(3)10(2)15(19)11-6-7-13(16)14(17)8-11/h6-8,10,12H,5,9H2,1-4H3. The van der Waals surface area contributed by atoms with Gasteiger partial charge in [0.15, 0.2) is 17.4 Å². The van der Waals surface area contributed by atoms with Crippen LogP contribution in [0.15, 0.2) is 18.2 Å². The highest BCUT2D eigenvalue weighted by atomic mass is 32.2. The number of hydrogen-bond acceptors (Lipinski definition) is 3. The van der Waals surface area contributed by atoms with Crippen LogP contribution in [0.4, 0.5) is 8.78 Å². The summed E-state index contributed by atoms with van der Waals surface area (Å²) in [6, 6.07) is 3.22. The second-order valence-electron chi connectivity index (χ2n) is 4.85. The second-order valence-corrected chi connectivity index (χ2v) is 5.76.